The molecule has 13 amide bonds. The van der Waals surface area contributed by atoms with Crippen LogP contribution in [-0.2, 0) is 104 Å². The van der Waals surface area contributed by atoms with Gasteiger partial charge in [0.1, 0.15) is 78.0 Å². The number of aliphatic carboxylic acids is 2. The third kappa shape index (κ3) is 26.9. The Bertz CT molecular complexity index is 4580. The summed E-state index contributed by atoms with van der Waals surface area (Å²) in [6.45, 7) is 2.70. The lowest BCUT2D eigenvalue weighted by molar-refractivity contribution is -0.139. The van der Waals surface area contributed by atoms with Gasteiger partial charge < -0.3 is 115 Å². The lowest BCUT2D eigenvalue weighted by atomic mass is 10.0. The quantitative estimate of drug-likeness (QED) is 0.0166. The van der Waals surface area contributed by atoms with Crippen LogP contribution in [-0.4, -0.2) is 236 Å². The topological polar surface area (TPSA) is 608 Å². The zero-order valence-electron chi connectivity index (χ0n) is 61.8. The first-order chi connectivity index (χ1) is 54.2. The van der Waals surface area contributed by atoms with Crippen molar-refractivity contribution in [1.29, 1.82) is 0 Å². The Kier molecular flexibility index (Phi) is 33.2. The van der Waals surface area contributed by atoms with Gasteiger partial charge in [0.15, 0.2) is 0 Å². The number of H-pyrrole nitrogens is 3. The number of carbonyl (C=O) groups is 15. The molecule has 23 N–H and O–H groups in total. The summed E-state index contributed by atoms with van der Waals surface area (Å²) >= 11 is 8.41. The molecular formula is C74H91N17O21S2. The van der Waals surface area contributed by atoms with Crippen molar-refractivity contribution in [3.8, 4) is 11.5 Å². The molecule has 38 nitrogen and oxygen atoms in total. The van der Waals surface area contributed by atoms with Gasteiger partial charge in [-0.15, -0.1) is 0 Å². The van der Waals surface area contributed by atoms with E-state index < -0.39 is 218 Å². The molecular weight excluding hydrogens is 1530 g/mol. The van der Waals surface area contributed by atoms with Gasteiger partial charge in [0.25, 0.3) is 0 Å². The van der Waals surface area contributed by atoms with Gasteiger partial charge in [0.2, 0.25) is 76.8 Å². The van der Waals surface area contributed by atoms with E-state index in [9.17, 15) is 93.0 Å². The zero-order chi connectivity index (χ0) is 83.5. The van der Waals surface area contributed by atoms with Gasteiger partial charge in [0, 0.05) is 109 Å². The average Bonchev–Trinajstić information content (AvgIpc) is 1.56. The van der Waals surface area contributed by atoms with Crippen molar-refractivity contribution in [3.05, 3.63) is 150 Å². The van der Waals surface area contributed by atoms with Crippen molar-refractivity contribution in [3.63, 3.8) is 0 Å². The standard InChI is InChI=1S/C74H91N17O21S2/c1-36(92)62(91-74(112)63(37(2)93)90-72(110)57(33-113)81-38(3)94)73(111)88-55(27-42-30-78-49-11-7-5-9-47(42)49)68(106)82-51(21-23-61(100)101)66(104)89-58(34-114)71(109)85-53(25-40-14-18-45(96)19-15-40)67(105)86-54(26-41-29-77-48-10-6-4-8-46(41)48)69(107)87-56(28-43-31-76-35-80-43)70(108)83-50(20-22-60(98)99)65(103)84-52(64(102)79-32-59(75)97)24-39-12-16-44(95)17-13-39/h4-19,29-31,35-37,50-58,62-63,77-78,92-93,95-96,113-114H,20-28,32-34H2,1-3H3,(H2,75,97)(H,76,80)(H,79,102)(H,81,94)(H,82,106)(H,83,108)(H,84,103)(H,85,109)(H,86,105)(H,87,107)(H,88,111)(H,89,104)(H,90,110)(H,91,112)(H,98,99)(H,100,101)/t36-,37-,50+,51+,52+,53+,54+,55+,56+,57+,58+,62+,63+/m1/s1. The van der Waals surface area contributed by atoms with Crippen LogP contribution in [0.1, 0.15) is 74.4 Å². The minimum Gasteiger partial charge on any atom is -0.508 e. The summed E-state index contributed by atoms with van der Waals surface area (Å²) < 4.78 is 0. The number of phenolic OH excluding ortho intramolecular Hbond substituents is 2. The van der Waals surface area contributed by atoms with Crippen LogP contribution >= 0.6 is 25.3 Å². The number of aromatic hydroxyl groups is 2. The van der Waals surface area contributed by atoms with Crippen LogP contribution in [0.25, 0.3) is 21.8 Å². The Labute approximate surface area is 661 Å². The second kappa shape index (κ2) is 42.7. The third-order valence-corrected chi connectivity index (χ3v) is 18.6. The van der Waals surface area contributed by atoms with Crippen LogP contribution in [0.5, 0.6) is 11.5 Å². The first-order valence-corrected chi connectivity index (χ1v) is 37.0. The minimum absolute atomic E-state index is 0.126. The molecule has 0 aliphatic rings. The number of carbonyl (C=O) groups excluding carboxylic acids is 13. The molecule has 7 aromatic rings. The molecule has 0 saturated carbocycles. The molecule has 0 bridgehead atoms. The number of aromatic nitrogens is 4. The summed E-state index contributed by atoms with van der Waals surface area (Å²) in [7, 11) is 0. The van der Waals surface area contributed by atoms with Crippen LogP contribution in [0.3, 0.4) is 0 Å². The number of nitrogens with two attached hydrogens (primary N) is 1. The number of hydrogen-bond donors (Lipinski definition) is 24. The first-order valence-electron chi connectivity index (χ1n) is 35.7. The number of rotatable bonds is 44. The molecule has 0 radical (unpaired) electrons. The van der Waals surface area contributed by atoms with Crippen molar-refractivity contribution >= 4 is 136 Å². The first kappa shape index (κ1) is 88.7. The highest BCUT2D eigenvalue weighted by Gasteiger charge is 2.39. The third-order valence-electron chi connectivity index (χ3n) is 17.9. The summed E-state index contributed by atoms with van der Waals surface area (Å²) in [5, 5.41) is 92.1. The molecule has 13 atom stereocenters. The highest BCUT2D eigenvalue weighted by Crippen LogP contribution is 2.23. The van der Waals surface area contributed by atoms with E-state index in [1.165, 1.54) is 67.3 Å². The number of carboxylic acid groups (broad SMARTS) is 2. The van der Waals surface area contributed by atoms with E-state index in [1.807, 2.05) is 0 Å². The number of thiol groups is 2. The van der Waals surface area contributed by atoms with Crippen LogP contribution in [0.4, 0.5) is 0 Å². The predicted molar refractivity (Wildman–Crippen MR) is 414 cm³/mol. The normalized spacial score (nSPS) is 14.6. The van der Waals surface area contributed by atoms with Gasteiger partial charge in [-0.2, -0.15) is 25.3 Å². The lowest BCUT2D eigenvalue weighted by Crippen LogP contribution is -2.63. The zero-order valence-corrected chi connectivity index (χ0v) is 63.6. The number of benzene rings is 4. The number of aromatic amines is 3. The monoisotopic (exact) mass is 1620 g/mol. The van der Waals surface area contributed by atoms with Crippen molar-refractivity contribution in [2.45, 2.75) is 157 Å². The van der Waals surface area contributed by atoms with Crippen LogP contribution in [0.2, 0.25) is 0 Å². The Morgan fingerprint density at radius 1 is 0.421 bits per heavy atom. The maximum absolute atomic E-state index is 15.2. The molecule has 0 saturated heterocycles. The predicted octanol–water partition coefficient (Wildman–Crippen LogP) is -3.40. The number of aliphatic hydroxyl groups is 2. The van der Waals surface area contributed by atoms with Crippen LogP contribution in [0.15, 0.2) is 122 Å². The van der Waals surface area contributed by atoms with E-state index in [1.54, 1.807) is 54.7 Å². The van der Waals surface area contributed by atoms with Gasteiger partial charge in [-0.3, -0.25) is 71.9 Å². The van der Waals surface area contributed by atoms with Crippen molar-refractivity contribution in [2.24, 2.45) is 5.73 Å². The fraction of sp³-hybridized carbons (Fsp3) is 0.378. The molecule has 3 aromatic heterocycles. The van der Waals surface area contributed by atoms with Crippen molar-refractivity contribution < 1.29 is 103 Å². The van der Waals surface area contributed by atoms with Gasteiger partial charge in [-0.25, -0.2) is 4.98 Å². The van der Waals surface area contributed by atoms with Gasteiger partial charge in [-0.05, 0) is 85.3 Å². The van der Waals surface area contributed by atoms with E-state index in [2.05, 4.69) is 109 Å². The average molecular weight is 1620 g/mol. The number of imidazole rings is 1. The van der Waals surface area contributed by atoms with Gasteiger partial charge in [-0.1, -0.05) is 60.7 Å². The summed E-state index contributed by atoms with van der Waals surface area (Å²) in [6.07, 6.45) is -2.34. The molecule has 114 heavy (non-hydrogen) atoms. The molecule has 0 fully saturated rings. The summed E-state index contributed by atoms with van der Waals surface area (Å²) in [5.74, 6) is -17.6. The number of aliphatic hydroxyl groups excluding tert-OH is 2. The maximum atomic E-state index is 15.2. The number of hydrogen-bond acceptors (Lipinski definition) is 22. The van der Waals surface area contributed by atoms with E-state index in [-0.39, 0.29) is 42.2 Å². The highest BCUT2D eigenvalue weighted by atomic mass is 32.1. The molecule has 40 heteroatoms. The smallest absolute Gasteiger partial charge is 0.303 e. The number of carboxylic acids is 2. The van der Waals surface area contributed by atoms with Crippen LogP contribution < -0.4 is 69.5 Å². The Balaban J connectivity index is 1.16. The molecule has 0 aliphatic heterocycles. The summed E-state index contributed by atoms with van der Waals surface area (Å²) in [6, 6.07) is 5.77. The van der Waals surface area contributed by atoms with E-state index in [4.69, 9.17) is 5.73 Å². The van der Waals surface area contributed by atoms with E-state index in [0.717, 1.165) is 20.8 Å². The SMILES string of the molecule is CC(=O)N[C@@H](CS)C(=O)N[C@H](C(=O)N[C@H](C(=O)N[C@@H](Cc1c[nH]c2ccccc12)C(=O)N[C@@H](CCC(=O)O)C(=O)N[C@@H](CS)C(=O)N[C@@H](Cc1ccc(O)cc1)C(=O)N[C@@H](Cc1c[nH]c2ccccc12)C(=O)N[C@@H](Cc1cnc[nH]1)C(=O)N[C@@H](CCC(=O)O)C(=O)N[C@@H](Cc1ccc(O)cc1)C(=O)NCC(N)=O)[C@@H](C)O)[C@@H](C)O. The second-order valence-corrected chi connectivity index (χ2v) is 27.5. The fourth-order valence-electron chi connectivity index (χ4n) is 11.9. The number of phenols is 2. The summed E-state index contributed by atoms with van der Waals surface area (Å²) in [5.41, 5.74) is 8.22. The maximum Gasteiger partial charge on any atom is 0.303 e. The minimum atomic E-state index is -1.94. The van der Waals surface area contributed by atoms with Gasteiger partial charge in [0.05, 0.1) is 25.1 Å². The molecule has 4 aromatic carbocycles. The Hall–Kier alpha value is -12.6. The molecule has 0 unspecified atom stereocenters. The number of nitrogens with zero attached hydrogens (tertiary/aromatic N) is 1. The number of fused-ring (bicyclic) bond motifs is 2. The molecule has 0 spiro atoms. The second-order valence-electron chi connectivity index (χ2n) is 26.8. The van der Waals surface area contributed by atoms with Crippen LogP contribution in [0, 0.1) is 0 Å². The van der Waals surface area contributed by atoms with Gasteiger partial charge >= 0.3 is 11.9 Å². The van der Waals surface area contributed by atoms with Crippen molar-refractivity contribution in [1.82, 2.24) is 83.7 Å². The number of nitrogens with one attached hydrogen (secondary N) is 15. The molecule has 3 heterocycles. The largest absolute Gasteiger partial charge is 0.508 e. The molecule has 0 aliphatic carbocycles. The number of para-hydroxylation sites is 2. The number of primary amides is 1. The van der Waals surface area contributed by atoms with Crippen molar-refractivity contribution in [2.75, 3.05) is 18.1 Å². The van der Waals surface area contributed by atoms with E-state index >= 15 is 9.59 Å². The number of amides is 13. The molecule has 610 valence electrons. The Morgan fingerprint density at radius 3 is 1.16 bits per heavy atom. The fourth-order valence-corrected chi connectivity index (χ4v) is 12.4. The van der Waals surface area contributed by atoms with E-state index in [0.29, 0.717) is 44.1 Å². The summed E-state index contributed by atoms with van der Waals surface area (Å²) in [4.78, 5) is 219. The molecule has 7 rings (SSSR count). The lowest BCUT2D eigenvalue weighted by Gasteiger charge is -2.29. The highest BCUT2D eigenvalue weighted by molar-refractivity contribution is 7.80. The Morgan fingerprint density at radius 2 is 0.763 bits per heavy atom.